The molecule has 0 fully saturated rings. The first-order valence-electron chi connectivity index (χ1n) is 13.6. The Labute approximate surface area is 224 Å². The molecule has 38 heavy (non-hydrogen) atoms. The summed E-state index contributed by atoms with van der Waals surface area (Å²) in [5.74, 6) is 0. The molecule has 1 aliphatic heterocycles. The first-order chi connectivity index (χ1) is 18.6. The van der Waals surface area contributed by atoms with Crippen molar-refractivity contribution in [1.29, 1.82) is 0 Å². The van der Waals surface area contributed by atoms with Gasteiger partial charge in [0.2, 0.25) is 6.71 Å². The Kier molecular flexibility index (Phi) is 4.47. The van der Waals surface area contributed by atoms with E-state index < -0.39 is 0 Å². The van der Waals surface area contributed by atoms with Gasteiger partial charge in [0.05, 0.1) is 0 Å². The summed E-state index contributed by atoms with van der Waals surface area (Å²) in [5.41, 5.74) is 9.59. The predicted molar refractivity (Wildman–Crippen MR) is 165 cm³/mol. The lowest BCUT2D eigenvalue weighted by Gasteiger charge is -2.40. The van der Waals surface area contributed by atoms with E-state index in [1.54, 1.807) is 0 Å². The molecule has 7 aromatic carbocycles. The maximum Gasteiger partial charge on any atom is 0.242 e. The summed E-state index contributed by atoms with van der Waals surface area (Å²) in [6, 6.07) is 47.5. The van der Waals surface area contributed by atoms with Crippen LogP contribution in [0.15, 0.2) is 127 Å². The van der Waals surface area contributed by atoms with Crippen molar-refractivity contribution in [1.82, 2.24) is 0 Å². The summed E-state index contributed by atoms with van der Waals surface area (Å²) in [6.45, 7) is 5.05. The molecule has 7 aromatic rings. The standard InChI is InChI=1S/C37H27B/c1-37(2)31-15-9-10-16-32(31)38(27-13-7-4-8-14-27)33-23-26-19-21-29-28(24-11-5-3-6-12-24)20-17-25-18-22-30(36(33)37)35(26)34(25)29/h3-23H,1-2H3. The van der Waals surface area contributed by atoms with Crippen molar-refractivity contribution >= 4 is 55.4 Å². The minimum Gasteiger partial charge on any atom is -0.0686 e. The molecule has 0 aromatic heterocycles. The van der Waals surface area contributed by atoms with E-state index in [9.17, 15) is 0 Å². The van der Waals surface area contributed by atoms with Gasteiger partial charge in [0, 0.05) is 5.41 Å². The van der Waals surface area contributed by atoms with Gasteiger partial charge >= 0.3 is 0 Å². The molecule has 0 saturated heterocycles. The Hall–Kier alpha value is -4.36. The molecule has 0 bridgehead atoms. The van der Waals surface area contributed by atoms with Gasteiger partial charge in [-0.3, -0.25) is 0 Å². The number of hydrogen-bond acceptors (Lipinski definition) is 0. The molecule has 0 unspecified atom stereocenters. The van der Waals surface area contributed by atoms with Crippen LogP contribution in [-0.2, 0) is 5.41 Å². The van der Waals surface area contributed by atoms with Gasteiger partial charge < -0.3 is 0 Å². The smallest absolute Gasteiger partial charge is 0.0686 e. The van der Waals surface area contributed by atoms with Crippen LogP contribution in [0.5, 0.6) is 0 Å². The highest BCUT2D eigenvalue weighted by Crippen LogP contribution is 2.44. The van der Waals surface area contributed by atoms with Gasteiger partial charge in [0.15, 0.2) is 0 Å². The van der Waals surface area contributed by atoms with Crippen LogP contribution in [0.1, 0.15) is 25.0 Å². The highest BCUT2D eigenvalue weighted by Gasteiger charge is 2.41. The zero-order chi connectivity index (χ0) is 25.4. The molecule has 1 heteroatoms. The largest absolute Gasteiger partial charge is 0.242 e. The third kappa shape index (κ3) is 2.88. The molecule has 0 saturated carbocycles. The third-order valence-electron chi connectivity index (χ3n) is 8.91. The number of hydrogen-bond donors (Lipinski definition) is 0. The third-order valence-corrected chi connectivity index (χ3v) is 8.91. The summed E-state index contributed by atoms with van der Waals surface area (Å²) >= 11 is 0. The Bertz CT molecular complexity index is 1980. The molecule has 0 radical (unpaired) electrons. The second-order valence-corrected chi connectivity index (χ2v) is 11.3. The molecule has 8 rings (SSSR count). The maximum absolute atomic E-state index is 2.50. The molecular formula is C37H27B. The van der Waals surface area contributed by atoms with Gasteiger partial charge in [-0.2, -0.15) is 0 Å². The van der Waals surface area contributed by atoms with Gasteiger partial charge in [-0.1, -0.05) is 158 Å². The highest BCUT2D eigenvalue weighted by molar-refractivity contribution is 6.96. The van der Waals surface area contributed by atoms with Crippen LogP contribution in [0, 0.1) is 0 Å². The molecular weight excluding hydrogens is 455 g/mol. The van der Waals surface area contributed by atoms with Crippen molar-refractivity contribution in [2.24, 2.45) is 0 Å². The summed E-state index contributed by atoms with van der Waals surface area (Å²) in [4.78, 5) is 0. The van der Waals surface area contributed by atoms with Crippen LogP contribution >= 0.6 is 0 Å². The molecule has 0 N–H and O–H groups in total. The van der Waals surface area contributed by atoms with E-state index in [1.165, 1.54) is 71.0 Å². The fourth-order valence-electron chi connectivity index (χ4n) is 7.32. The van der Waals surface area contributed by atoms with Gasteiger partial charge in [-0.25, -0.2) is 0 Å². The van der Waals surface area contributed by atoms with E-state index in [2.05, 4.69) is 141 Å². The van der Waals surface area contributed by atoms with Gasteiger partial charge in [-0.05, 0) is 54.6 Å². The number of rotatable bonds is 2. The minimum atomic E-state index is -0.109. The average molecular weight is 482 g/mol. The Morgan fingerprint density at radius 3 is 1.97 bits per heavy atom. The van der Waals surface area contributed by atoms with E-state index in [0.717, 1.165) is 0 Å². The molecule has 0 aliphatic carbocycles. The SMILES string of the molecule is CC1(C)c2ccccc2B(c2ccccc2)c2cc3ccc4c(-c5ccccc5)ccc5ccc(c21)c3c54. The van der Waals surface area contributed by atoms with E-state index in [4.69, 9.17) is 0 Å². The first kappa shape index (κ1) is 21.7. The first-order valence-corrected chi connectivity index (χ1v) is 13.6. The van der Waals surface area contributed by atoms with Crippen molar-refractivity contribution in [2.45, 2.75) is 19.3 Å². The van der Waals surface area contributed by atoms with Gasteiger partial charge in [0.25, 0.3) is 0 Å². The molecule has 178 valence electrons. The highest BCUT2D eigenvalue weighted by atomic mass is 14.4. The Morgan fingerprint density at radius 1 is 0.526 bits per heavy atom. The van der Waals surface area contributed by atoms with Gasteiger partial charge in [0.1, 0.15) is 0 Å². The monoisotopic (exact) mass is 482 g/mol. The topological polar surface area (TPSA) is 0 Å². The lowest BCUT2D eigenvalue weighted by Crippen LogP contribution is -2.60. The van der Waals surface area contributed by atoms with Crippen molar-refractivity contribution in [3.05, 3.63) is 139 Å². The summed E-state index contributed by atoms with van der Waals surface area (Å²) in [6.07, 6.45) is 0. The summed E-state index contributed by atoms with van der Waals surface area (Å²) in [5, 5.41) is 8.15. The predicted octanol–water partition coefficient (Wildman–Crippen LogP) is 7.41. The molecule has 0 amide bonds. The molecule has 0 nitrogen and oxygen atoms in total. The van der Waals surface area contributed by atoms with Crippen molar-refractivity contribution in [2.75, 3.05) is 0 Å². The second kappa shape index (κ2) is 7.82. The summed E-state index contributed by atoms with van der Waals surface area (Å²) in [7, 11) is 0. The van der Waals surface area contributed by atoms with Crippen molar-refractivity contribution in [3.63, 3.8) is 0 Å². The van der Waals surface area contributed by atoms with Crippen LogP contribution in [0.25, 0.3) is 43.4 Å². The van der Waals surface area contributed by atoms with Crippen LogP contribution < -0.4 is 16.4 Å². The van der Waals surface area contributed by atoms with Crippen LogP contribution in [0.4, 0.5) is 0 Å². The van der Waals surface area contributed by atoms with E-state index >= 15 is 0 Å². The zero-order valence-electron chi connectivity index (χ0n) is 21.7. The van der Waals surface area contributed by atoms with E-state index in [1.807, 2.05) is 0 Å². The maximum atomic E-state index is 2.50. The Balaban J connectivity index is 1.52. The molecule has 0 atom stereocenters. The quantitative estimate of drug-likeness (QED) is 0.178. The van der Waals surface area contributed by atoms with Crippen molar-refractivity contribution < 1.29 is 0 Å². The lowest BCUT2D eigenvalue weighted by molar-refractivity contribution is 0.652. The Morgan fingerprint density at radius 2 is 1.16 bits per heavy atom. The van der Waals surface area contributed by atoms with Crippen LogP contribution in [-0.4, -0.2) is 6.71 Å². The lowest BCUT2D eigenvalue weighted by atomic mass is 9.31. The number of benzene rings is 7. The summed E-state index contributed by atoms with van der Waals surface area (Å²) < 4.78 is 0. The molecule has 1 aliphatic rings. The average Bonchev–Trinajstić information content (AvgIpc) is 2.96. The second-order valence-electron chi connectivity index (χ2n) is 11.3. The molecule has 1 heterocycles. The van der Waals surface area contributed by atoms with E-state index in [0.29, 0.717) is 0 Å². The molecule has 0 spiro atoms. The van der Waals surface area contributed by atoms with Crippen LogP contribution in [0.2, 0.25) is 0 Å². The minimum absolute atomic E-state index is 0.109. The van der Waals surface area contributed by atoms with Crippen molar-refractivity contribution in [3.8, 4) is 11.1 Å². The van der Waals surface area contributed by atoms with Gasteiger partial charge in [-0.15, -0.1) is 0 Å². The van der Waals surface area contributed by atoms with Crippen LogP contribution in [0.3, 0.4) is 0 Å². The normalized spacial score (nSPS) is 14.2. The fourth-order valence-corrected chi connectivity index (χ4v) is 7.32. The fraction of sp³-hybridized carbons (Fsp3) is 0.0811. The number of fused-ring (bicyclic) bond motifs is 3. The van der Waals surface area contributed by atoms with E-state index in [-0.39, 0.29) is 12.1 Å². The zero-order valence-corrected chi connectivity index (χ0v) is 21.7.